The van der Waals surface area contributed by atoms with E-state index in [1.165, 1.54) is 4.90 Å². The van der Waals surface area contributed by atoms with Crippen molar-refractivity contribution in [3.8, 4) is 5.75 Å². The van der Waals surface area contributed by atoms with Crippen LogP contribution in [0, 0.1) is 0 Å². The largest absolute Gasteiger partial charge is 0.489 e. The SMILES string of the molecule is CCCNC(=O)C(CC)N(Cc1ccccc1)C(=O)CN(c1ccc(OCc2ccccc2)cc1)S(C)(=O)=O. The van der Waals surface area contributed by atoms with Crippen LogP contribution in [0.1, 0.15) is 37.8 Å². The Balaban J connectivity index is 1.82. The van der Waals surface area contributed by atoms with Crippen LogP contribution in [-0.4, -0.2) is 50.5 Å². The number of benzene rings is 3. The van der Waals surface area contributed by atoms with Crippen molar-refractivity contribution in [3.63, 3.8) is 0 Å². The normalized spacial score (nSPS) is 11.9. The Kier molecular flexibility index (Phi) is 10.9. The summed E-state index contributed by atoms with van der Waals surface area (Å²) in [6.07, 6.45) is 2.22. The molecular weight excluding hydrogens is 514 g/mol. The molecule has 0 radical (unpaired) electrons. The van der Waals surface area contributed by atoms with Gasteiger partial charge in [0.25, 0.3) is 0 Å². The maximum Gasteiger partial charge on any atom is 0.244 e. The van der Waals surface area contributed by atoms with E-state index in [0.29, 0.717) is 31.0 Å². The minimum absolute atomic E-state index is 0.182. The first-order valence-electron chi connectivity index (χ1n) is 13.1. The van der Waals surface area contributed by atoms with Crippen molar-refractivity contribution in [2.75, 3.05) is 23.7 Å². The minimum Gasteiger partial charge on any atom is -0.489 e. The Bertz CT molecular complexity index is 1300. The van der Waals surface area contributed by atoms with Crippen LogP contribution in [0.2, 0.25) is 0 Å². The zero-order valence-electron chi connectivity index (χ0n) is 22.7. The molecule has 3 aromatic rings. The Morgan fingerprint density at radius 1 is 0.872 bits per heavy atom. The van der Waals surface area contributed by atoms with Gasteiger partial charge in [0, 0.05) is 13.1 Å². The van der Waals surface area contributed by atoms with E-state index in [9.17, 15) is 18.0 Å². The van der Waals surface area contributed by atoms with Crippen LogP contribution in [0.15, 0.2) is 84.9 Å². The van der Waals surface area contributed by atoms with E-state index >= 15 is 0 Å². The predicted octanol–water partition coefficient (Wildman–Crippen LogP) is 4.37. The molecule has 0 saturated heterocycles. The Hall–Kier alpha value is -3.85. The monoisotopic (exact) mass is 551 g/mol. The molecular formula is C30H37N3O5S. The van der Waals surface area contributed by atoms with Crippen molar-refractivity contribution >= 4 is 27.5 Å². The fourth-order valence-corrected chi connectivity index (χ4v) is 4.98. The lowest BCUT2D eigenvalue weighted by atomic mass is 10.1. The fraction of sp³-hybridized carbons (Fsp3) is 0.333. The molecule has 0 aliphatic rings. The van der Waals surface area contributed by atoms with Gasteiger partial charge in [0.2, 0.25) is 21.8 Å². The topological polar surface area (TPSA) is 96.0 Å². The Morgan fingerprint density at radius 3 is 2.00 bits per heavy atom. The molecule has 0 aliphatic heterocycles. The first kappa shape index (κ1) is 29.7. The molecule has 3 rings (SSSR count). The lowest BCUT2D eigenvalue weighted by Gasteiger charge is -2.32. The maximum atomic E-state index is 13.7. The summed E-state index contributed by atoms with van der Waals surface area (Å²) in [6, 6.07) is 24.9. The highest BCUT2D eigenvalue weighted by Gasteiger charge is 2.31. The number of carbonyl (C=O) groups is 2. The molecule has 0 heterocycles. The van der Waals surface area contributed by atoms with E-state index < -0.39 is 28.5 Å². The summed E-state index contributed by atoms with van der Waals surface area (Å²) in [4.78, 5) is 28.1. The number of nitrogens with one attached hydrogen (secondary N) is 1. The van der Waals surface area contributed by atoms with Gasteiger partial charge in [0.1, 0.15) is 24.9 Å². The van der Waals surface area contributed by atoms with Gasteiger partial charge in [-0.15, -0.1) is 0 Å². The highest BCUT2D eigenvalue weighted by Crippen LogP contribution is 2.23. The number of amides is 2. The van der Waals surface area contributed by atoms with Crippen molar-refractivity contribution < 1.29 is 22.7 Å². The van der Waals surface area contributed by atoms with Gasteiger partial charge in [-0.3, -0.25) is 13.9 Å². The number of sulfonamides is 1. The second kappa shape index (κ2) is 14.3. The van der Waals surface area contributed by atoms with Crippen LogP contribution in [0.5, 0.6) is 5.75 Å². The molecule has 0 spiro atoms. The van der Waals surface area contributed by atoms with Crippen LogP contribution in [-0.2, 0) is 32.8 Å². The average molecular weight is 552 g/mol. The number of ether oxygens (including phenoxy) is 1. The fourth-order valence-electron chi connectivity index (χ4n) is 4.13. The summed E-state index contributed by atoms with van der Waals surface area (Å²) >= 11 is 0. The quantitative estimate of drug-likeness (QED) is 0.321. The van der Waals surface area contributed by atoms with Crippen LogP contribution < -0.4 is 14.4 Å². The molecule has 208 valence electrons. The molecule has 1 N–H and O–H groups in total. The van der Waals surface area contributed by atoms with Crippen molar-refractivity contribution in [3.05, 3.63) is 96.1 Å². The number of hydrogen-bond acceptors (Lipinski definition) is 5. The van der Waals surface area contributed by atoms with Gasteiger partial charge < -0.3 is 15.0 Å². The van der Waals surface area contributed by atoms with E-state index in [2.05, 4.69) is 5.32 Å². The number of rotatable bonds is 14. The van der Waals surface area contributed by atoms with Crippen molar-refractivity contribution in [1.82, 2.24) is 10.2 Å². The zero-order valence-corrected chi connectivity index (χ0v) is 23.6. The predicted molar refractivity (Wildman–Crippen MR) is 154 cm³/mol. The van der Waals surface area contributed by atoms with Gasteiger partial charge in [0.05, 0.1) is 11.9 Å². The number of hydrogen-bond donors (Lipinski definition) is 1. The van der Waals surface area contributed by atoms with Crippen molar-refractivity contribution in [2.24, 2.45) is 0 Å². The molecule has 0 fully saturated rings. The number of anilines is 1. The summed E-state index contributed by atoms with van der Waals surface area (Å²) in [5.74, 6) is -0.145. The van der Waals surface area contributed by atoms with E-state index in [0.717, 1.165) is 28.1 Å². The first-order valence-corrected chi connectivity index (χ1v) is 14.9. The molecule has 1 unspecified atom stereocenters. The Morgan fingerprint density at radius 2 is 1.46 bits per heavy atom. The van der Waals surface area contributed by atoms with Crippen molar-refractivity contribution in [1.29, 1.82) is 0 Å². The average Bonchev–Trinajstić information content (AvgIpc) is 2.94. The Labute approximate surface area is 231 Å². The molecule has 0 aliphatic carbocycles. The van der Waals surface area contributed by atoms with E-state index in [1.807, 2.05) is 74.5 Å². The molecule has 1 atom stereocenters. The molecule has 3 aromatic carbocycles. The number of carbonyl (C=O) groups excluding carboxylic acids is 2. The third-order valence-electron chi connectivity index (χ3n) is 6.18. The van der Waals surface area contributed by atoms with Gasteiger partial charge in [-0.25, -0.2) is 8.42 Å². The molecule has 8 nitrogen and oxygen atoms in total. The summed E-state index contributed by atoms with van der Waals surface area (Å²) in [6.45, 7) is 4.41. The van der Waals surface area contributed by atoms with Crippen LogP contribution >= 0.6 is 0 Å². The summed E-state index contributed by atoms with van der Waals surface area (Å²) in [5, 5.41) is 2.87. The molecule has 9 heteroatoms. The lowest BCUT2D eigenvalue weighted by molar-refractivity contribution is -0.140. The lowest BCUT2D eigenvalue weighted by Crippen LogP contribution is -2.52. The molecule has 39 heavy (non-hydrogen) atoms. The number of nitrogens with zero attached hydrogens (tertiary/aromatic N) is 2. The molecule has 0 aromatic heterocycles. The highest BCUT2D eigenvalue weighted by atomic mass is 32.2. The summed E-state index contributed by atoms with van der Waals surface area (Å²) in [5.41, 5.74) is 2.19. The second-order valence-electron chi connectivity index (χ2n) is 9.26. The maximum absolute atomic E-state index is 13.7. The zero-order chi connectivity index (χ0) is 28.3. The van der Waals surface area contributed by atoms with E-state index in [1.54, 1.807) is 24.3 Å². The van der Waals surface area contributed by atoms with E-state index in [4.69, 9.17) is 4.74 Å². The third-order valence-corrected chi connectivity index (χ3v) is 7.32. The van der Waals surface area contributed by atoms with Gasteiger partial charge in [0.15, 0.2) is 0 Å². The standard InChI is InChI=1S/C30H37N3O5S/c1-4-20-31-30(35)28(5-2)32(21-24-12-8-6-9-13-24)29(34)22-33(39(3,36)37)26-16-18-27(19-17-26)38-23-25-14-10-7-11-15-25/h6-19,28H,4-5,20-23H2,1-3H3,(H,31,35). The minimum atomic E-state index is -3.81. The van der Waals surface area contributed by atoms with Gasteiger partial charge in [-0.1, -0.05) is 74.5 Å². The molecule has 0 bridgehead atoms. The van der Waals surface area contributed by atoms with Gasteiger partial charge >= 0.3 is 0 Å². The molecule has 2 amide bonds. The first-order chi connectivity index (χ1) is 18.7. The van der Waals surface area contributed by atoms with Crippen LogP contribution in [0.3, 0.4) is 0 Å². The summed E-state index contributed by atoms with van der Waals surface area (Å²) < 4.78 is 32.5. The molecule has 0 saturated carbocycles. The van der Waals surface area contributed by atoms with Crippen molar-refractivity contribution in [2.45, 2.75) is 45.9 Å². The summed E-state index contributed by atoms with van der Waals surface area (Å²) in [7, 11) is -3.81. The van der Waals surface area contributed by atoms with Crippen LogP contribution in [0.25, 0.3) is 0 Å². The van der Waals surface area contributed by atoms with Gasteiger partial charge in [-0.05, 0) is 48.2 Å². The third kappa shape index (κ3) is 8.85. The second-order valence-corrected chi connectivity index (χ2v) is 11.2. The van der Waals surface area contributed by atoms with Crippen LogP contribution in [0.4, 0.5) is 5.69 Å². The smallest absolute Gasteiger partial charge is 0.244 e. The van der Waals surface area contributed by atoms with E-state index in [-0.39, 0.29) is 12.5 Å². The van der Waals surface area contributed by atoms with Gasteiger partial charge in [-0.2, -0.15) is 0 Å². The highest BCUT2D eigenvalue weighted by molar-refractivity contribution is 7.92.